The van der Waals surface area contributed by atoms with E-state index in [-0.39, 0.29) is 15.7 Å². The number of para-hydroxylation sites is 1. The van der Waals surface area contributed by atoms with Crippen LogP contribution < -0.4 is 4.18 Å². The van der Waals surface area contributed by atoms with Crippen LogP contribution in [0, 0.1) is 5.82 Å². The molecule has 3 rings (SSSR count). The zero-order valence-electron chi connectivity index (χ0n) is 11.0. The number of hydrogen-bond donors (Lipinski definition) is 0. The fourth-order valence-electron chi connectivity index (χ4n) is 1.98. The van der Waals surface area contributed by atoms with Gasteiger partial charge in [-0.3, -0.25) is 4.98 Å². The number of halogens is 2. The zero-order chi connectivity index (χ0) is 15.7. The standard InChI is InChI=1S/C15H9ClFNO3S/c16-12-9-11(17)6-7-14(12)22(19,20)21-13-5-1-3-10-4-2-8-18-15(10)13/h1-9H. The molecule has 0 atom stereocenters. The summed E-state index contributed by atoms with van der Waals surface area (Å²) in [7, 11) is -4.19. The predicted octanol–water partition coefficient (Wildman–Crippen LogP) is 3.80. The van der Waals surface area contributed by atoms with Crippen LogP contribution in [0.3, 0.4) is 0 Å². The molecule has 0 fully saturated rings. The highest BCUT2D eigenvalue weighted by atomic mass is 35.5. The van der Waals surface area contributed by atoms with Gasteiger partial charge in [-0.2, -0.15) is 8.42 Å². The molecule has 0 unspecified atom stereocenters. The summed E-state index contributed by atoms with van der Waals surface area (Å²) in [6, 6.07) is 11.4. The smallest absolute Gasteiger partial charge is 0.340 e. The molecule has 4 nitrogen and oxygen atoms in total. The molecule has 3 aromatic rings. The summed E-state index contributed by atoms with van der Waals surface area (Å²) in [5, 5.41) is 0.494. The first-order valence-electron chi connectivity index (χ1n) is 6.21. The molecule has 0 N–H and O–H groups in total. The van der Waals surface area contributed by atoms with Gasteiger partial charge in [0.1, 0.15) is 16.2 Å². The van der Waals surface area contributed by atoms with Gasteiger partial charge < -0.3 is 4.18 Å². The molecule has 0 spiro atoms. The Morgan fingerprint density at radius 3 is 2.64 bits per heavy atom. The number of fused-ring (bicyclic) bond motifs is 1. The van der Waals surface area contributed by atoms with E-state index in [4.69, 9.17) is 15.8 Å². The van der Waals surface area contributed by atoms with Crippen molar-refractivity contribution in [3.05, 3.63) is 65.6 Å². The van der Waals surface area contributed by atoms with E-state index in [0.717, 1.165) is 23.6 Å². The van der Waals surface area contributed by atoms with Crippen LogP contribution in [0.25, 0.3) is 10.9 Å². The minimum Gasteiger partial charge on any atom is -0.377 e. The number of pyridine rings is 1. The third-order valence-corrected chi connectivity index (χ3v) is 4.68. The Morgan fingerprint density at radius 2 is 1.86 bits per heavy atom. The van der Waals surface area contributed by atoms with Crippen LogP contribution in [0.2, 0.25) is 5.02 Å². The molecule has 1 heterocycles. The van der Waals surface area contributed by atoms with Gasteiger partial charge in [-0.05, 0) is 30.3 Å². The SMILES string of the molecule is O=S(=O)(Oc1cccc2cccnc12)c1ccc(F)cc1Cl. The Kier molecular flexibility index (Phi) is 3.72. The summed E-state index contributed by atoms with van der Waals surface area (Å²) in [4.78, 5) is 3.81. The molecule has 0 aliphatic carbocycles. The van der Waals surface area contributed by atoms with Crippen molar-refractivity contribution >= 4 is 32.6 Å². The van der Waals surface area contributed by atoms with Gasteiger partial charge in [-0.15, -0.1) is 0 Å². The van der Waals surface area contributed by atoms with Crippen LogP contribution in [0.4, 0.5) is 4.39 Å². The van der Waals surface area contributed by atoms with Crippen molar-refractivity contribution < 1.29 is 17.0 Å². The largest absolute Gasteiger partial charge is 0.377 e. The highest BCUT2D eigenvalue weighted by Gasteiger charge is 2.22. The second-order valence-electron chi connectivity index (χ2n) is 4.44. The van der Waals surface area contributed by atoms with Crippen LogP contribution >= 0.6 is 11.6 Å². The maximum atomic E-state index is 13.0. The number of hydrogen-bond acceptors (Lipinski definition) is 4. The Labute approximate surface area is 131 Å². The Hall–Kier alpha value is -2.18. The topological polar surface area (TPSA) is 56.3 Å². The first-order valence-corrected chi connectivity index (χ1v) is 7.99. The molecular formula is C15H9ClFNO3S. The van der Waals surface area contributed by atoms with Crippen molar-refractivity contribution in [1.82, 2.24) is 4.98 Å². The van der Waals surface area contributed by atoms with E-state index in [9.17, 15) is 12.8 Å². The Morgan fingerprint density at radius 1 is 1.09 bits per heavy atom. The molecule has 0 aliphatic rings. The molecule has 22 heavy (non-hydrogen) atoms. The van der Waals surface area contributed by atoms with Gasteiger partial charge in [0.05, 0.1) is 5.02 Å². The average Bonchev–Trinajstić information content (AvgIpc) is 2.47. The first kappa shape index (κ1) is 14.7. The molecule has 112 valence electrons. The lowest BCUT2D eigenvalue weighted by molar-refractivity contribution is 0.488. The van der Waals surface area contributed by atoms with E-state index in [0.29, 0.717) is 5.52 Å². The molecule has 2 aromatic carbocycles. The molecule has 0 amide bonds. The van der Waals surface area contributed by atoms with Crippen molar-refractivity contribution in [2.75, 3.05) is 0 Å². The van der Waals surface area contributed by atoms with Gasteiger partial charge in [0.25, 0.3) is 0 Å². The number of benzene rings is 2. The van der Waals surface area contributed by atoms with Gasteiger partial charge in [0.15, 0.2) is 5.75 Å². The molecule has 0 saturated carbocycles. The van der Waals surface area contributed by atoms with E-state index in [1.807, 2.05) is 0 Å². The van der Waals surface area contributed by atoms with Crippen molar-refractivity contribution in [3.63, 3.8) is 0 Å². The Bertz CT molecular complexity index is 955. The normalized spacial score (nSPS) is 11.5. The minimum atomic E-state index is -4.19. The fourth-order valence-corrected chi connectivity index (χ4v) is 3.43. The van der Waals surface area contributed by atoms with E-state index in [2.05, 4.69) is 4.98 Å². The maximum absolute atomic E-state index is 13.0. The lowest BCUT2D eigenvalue weighted by Gasteiger charge is -2.10. The van der Waals surface area contributed by atoms with Crippen LogP contribution in [0.15, 0.2) is 59.6 Å². The third kappa shape index (κ3) is 2.75. The van der Waals surface area contributed by atoms with E-state index in [1.54, 1.807) is 24.3 Å². The zero-order valence-corrected chi connectivity index (χ0v) is 12.6. The van der Waals surface area contributed by atoms with Crippen molar-refractivity contribution in [2.24, 2.45) is 0 Å². The quantitative estimate of drug-likeness (QED) is 0.682. The summed E-state index contributed by atoms with van der Waals surface area (Å²) >= 11 is 5.78. The summed E-state index contributed by atoms with van der Waals surface area (Å²) in [5.41, 5.74) is 0.409. The lowest BCUT2D eigenvalue weighted by Crippen LogP contribution is -2.11. The van der Waals surface area contributed by atoms with Crippen molar-refractivity contribution in [2.45, 2.75) is 4.90 Å². The van der Waals surface area contributed by atoms with E-state index in [1.165, 1.54) is 12.3 Å². The van der Waals surface area contributed by atoms with Crippen molar-refractivity contribution in [1.29, 1.82) is 0 Å². The van der Waals surface area contributed by atoms with Gasteiger partial charge in [0, 0.05) is 11.6 Å². The van der Waals surface area contributed by atoms with Crippen LogP contribution in [0.1, 0.15) is 0 Å². The predicted molar refractivity (Wildman–Crippen MR) is 81.0 cm³/mol. The summed E-state index contributed by atoms with van der Waals surface area (Å²) in [6.45, 7) is 0. The Balaban J connectivity index is 2.07. The minimum absolute atomic E-state index is 0.0819. The van der Waals surface area contributed by atoms with E-state index >= 15 is 0 Å². The highest BCUT2D eigenvalue weighted by Crippen LogP contribution is 2.29. The van der Waals surface area contributed by atoms with Crippen LogP contribution in [-0.4, -0.2) is 13.4 Å². The molecule has 1 aromatic heterocycles. The second-order valence-corrected chi connectivity index (χ2v) is 6.37. The van der Waals surface area contributed by atoms with Crippen LogP contribution in [0.5, 0.6) is 5.75 Å². The van der Waals surface area contributed by atoms with Gasteiger partial charge in [-0.25, -0.2) is 4.39 Å². The lowest BCUT2D eigenvalue weighted by atomic mass is 10.2. The number of nitrogens with zero attached hydrogens (tertiary/aromatic N) is 1. The van der Waals surface area contributed by atoms with Crippen LogP contribution in [-0.2, 0) is 10.1 Å². The molecule has 0 aliphatic heterocycles. The second kappa shape index (κ2) is 5.55. The highest BCUT2D eigenvalue weighted by molar-refractivity contribution is 7.87. The molecule has 7 heteroatoms. The molecule has 0 saturated heterocycles. The average molecular weight is 338 g/mol. The summed E-state index contributed by atoms with van der Waals surface area (Å²) < 4.78 is 42.8. The fraction of sp³-hybridized carbons (Fsp3) is 0. The first-order chi connectivity index (χ1) is 10.5. The van der Waals surface area contributed by atoms with Crippen molar-refractivity contribution in [3.8, 4) is 5.75 Å². The molecule has 0 radical (unpaired) electrons. The maximum Gasteiger partial charge on any atom is 0.340 e. The molecule has 0 bridgehead atoms. The monoisotopic (exact) mass is 337 g/mol. The van der Waals surface area contributed by atoms with E-state index < -0.39 is 15.9 Å². The summed E-state index contributed by atoms with van der Waals surface area (Å²) in [5.74, 6) is -0.547. The van der Waals surface area contributed by atoms with Gasteiger partial charge >= 0.3 is 10.1 Å². The molecular weight excluding hydrogens is 329 g/mol. The third-order valence-electron chi connectivity index (χ3n) is 2.96. The number of rotatable bonds is 3. The summed E-state index contributed by atoms with van der Waals surface area (Å²) in [6.07, 6.45) is 1.53. The number of aromatic nitrogens is 1. The van der Waals surface area contributed by atoms with Gasteiger partial charge in [-0.1, -0.05) is 29.8 Å². The van der Waals surface area contributed by atoms with Gasteiger partial charge in [0.2, 0.25) is 0 Å².